The third kappa shape index (κ3) is 5.34. The molecule has 0 amide bonds. The van der Waals surface area contributed by atoms with Gasteiger partial charge in [0.15, 0.2) is 11.3 Å². The molecule has 0 atom stereocenters. The number of nitrogens with zero attached hydrogens (tertiary/aromatic N) is 1. The van der Waals surface area contributed by atoms with Crippen molar-refractivity contribution in [2.45, 2.75) is 62.2 Å². The zero-order valence-corrected chi connectivity index (χ0v) is 39.9. The molecule has 0 saturated heterocycles. The highest BCUT2D eigenvalue weighted by atomic mass is 32.2. The molecule has 15 rings (SSSR count). The van der Waals surface area contributed by atoms with Gasteiger partial charge in [0.2, 0.25) is 0 Å². The Balaban J connectivity index is 1.16. The average molecular weight is 910 g/mol. The fourth-order valence-electron chi connectivity index (χ4n) is 11.7. The highest BCUT2D eigenvalue weighted by molar-refractivity contribution is 8.00. The number of fused-ring (bicyclic) bond motifs is 22. The van der Waals surface area contributed by atoms with Gasteiger partial charge in [-0.2, -0.15) is 0 Å². The first-order valence-corrected chi connectivity index (χ1v) is 24.8. The molecule has 0 aliphatic carbocycles. The molecule has 0 saturated carbocycles. The number of furan rings is 3. The molecule has 0 N–H and O–H groups in total. The van der Waals surface area contributed by atoms with Crippen LogP contribution in [0, 0.1) is 0 Å². The van der Waals surface area contributed by atoms with E-state index in [2.05, 4.69) is 198 Å². The summed E-state index contributed by atoms with van der Waals surface area (Å²) in [5.41, 5.74) is 16.2. The maximum atomic E-state index is 7.54. The second-order valence-electron chi connectivity index (χ2n) is 21.1. The van der Waals surface area contributed by atoms with Crippen LogP contribution in [0.4, 0.5) is 0 Å². The summed E-state index contributed by atoms with van der Waals surface area (Å²) >= 11 is 1.83. The van der Waals surface area contributed by atoms with E-state index in [0.29, 0.717) is 11.3 Å². The Morgan fingerprint density at radius 2 is 0.971 bits per heavy atom. The third-order valence-corrected chi connectivity index (χ3v) is 16.1. The highest BCUT2D eigenvalue weighted by Crippen LogP contribution is 2.52. The molecule has 330 valence electrons. The first-order chi connectivity index (χ1) is 33.5. The van der Waals surface area contributed by atoms with Crippen LogP contribution >= 0.6 is 11.8 Å². The Labute approximate surface area is 402 Å². The van der Waals surface area contributed by atoms with Gasteiger partial charge in [-0.05, 0) is 92.5 Å². The number of hydrogen-bond donors (Lipinski definition) is 0. The van der Waals surface area contributed by atoms with Crippen molar-refractivity contribution in [2.75, 3.05) is 0 Å². The van der Waals surface area contributed by atoms with E-state index in [1.165, 1.54) is 27.5 Å². The molecular weight excluding hydrogens is 866 g/mol. The van der Waals surface area contributed by atoms with Crippen molar-refractivity contribution >= 4 is 122 Å². The maximum absolute atomic E-state index is 7.54. The van der Waals surface area contributed by atoms with Gasteiger partial charge in [0.05, 0.1) is 11.0 Å². The number of benzene rings is 9. The van der Waals surface area contributed by atoms with Gasteiger partial charge in [-0.3, -0.25) is 0 Å². The molecule has 13 aromatic rings. The van der Waals surface area contributed by atoms with Crippen LogP contribution in [0.2, 0.25) is 0 Å². The quantitative estimate of drug-likeness (QED) is 0.162. The van der Waals surface area contributed by atoms with Crippen molar-refractivity contribution in [3.05, 3.63) is 169 Å². The fourth-order valence-corrected chi connectivity index (χ4v) is 13.0. The van der Waals surface area contributed by atoms with Crippen LogP contribution < -0.4 is 21.1 Å². The molecule has 7 heteroatoms. The van der Waals surface area contributed by atoms with E-state index in [1.807, 2.05) is 17.8 Å². The third-order valence-electron chi connectivity index (χ3n) is 15.0. The Bertz CT molecular complexity index is 4370. The fraction of sp³-hybridized carbons (Fsp3) is 0.129. The van der Waals surface area contributed by atoms with E-state index in [4.69, 9.17) is 18.0 Å². The number of rotatable bonds is 2. The number of aromatic nitrogens is 1. The first kappa shape index (κ1) is 39.4. The minimum absolute atomic E-state index is 0.0635. The molecule has 0 bridgehead atoms. The molecule has 0 unspecified atom stereocenters. The van der Waals surface area contributed by atoms with Crippen molar-refractivity contribution in [1.82, 2.24) is 4.57 Å². The van der Waals surface area contributed by atoms with Gasteiger partial charge in [-0.1, -0.05) is 162 Å². The second-order valence-corrected chi connectivity index (χ2v) is 22.2. The molecule has 9 aromatic carbocycles. The molecule has 0 fully saturated rings. The second kappa shape index (κ2) is 13.6. The Morgan fingerprint density at radius 3 is 1.59 bits per heavy atom. The minimum Gasteiger partial charge on any atom is -0.457 e. The largest absolute Gasteiger partial charge is 0.457 e. The predicted octanol–water partition coefficient (Wildman–Crippen LogP) is 15.8. The van der Waals surface area contributed by atoms with Crippen LogP contribution in [0.3, 0.4) is 0 Å². The summed E-state index contributed by atoms with van der Waals surface area (Å²) in [6.45, 7) is 13.5. The van der Waals surface area contributed by atoms with Crippen molar-refractivity contribution in [3.8, 4) is 28.3 Å². The van der Waals surface area contributed by atoms with Gasteiger partial charge in [-0.25, -0.2) is 0 Å². The lowest BCUT2D eigenvalue weighted by molar-refractivity contribution is 0.479. The monoisotopic (exact) mass is 909 g/mol. The van der Waals surface area contributed by atoms with Crippen molar-refractivity contribution in [2.24, 2.45) is 0 Å². The zero-order valence-electron chi connectivity index (χ0n) is 39.1. The summed E-state index contributed by atoms with van der Waals surface area (Å²) in [5, 5.41) is 8.66. The van der Waals surface area contributed by atoms with Crippen molar-refractivity contribution in [1.29, 1.82) is 0 Å². The van der Waals surface area contributed by atoms with E-state index < -0.39 is 0 Å². The van der Waals surface area contributed by atoms with Gasteiger partial charge in [0.25, 0.3) is 6.71 Å². The summed E-state index contributed by atoms with van der Waals surface area (Å²) < 4.78 is 31.6. The standard InChI is InChI=1S/C62H44BNO4S/c1-61(2,3)35-28-33(29-36(32-35)62(4,5)6)34-30-46-52-47(31-34)69-60-54(63(52)53-56-50(40-22-12-16-26-44(40)65-56)51-41-23-13-17-27-45(41)67-58(51)59(53)68-46)57-49(39-21-11-15-25-43(39)66-57)48-38-20-10-14-24-42(38)64(55(48)60)37-18-8-7-9-19-37/h7-32H,1-6H3. The summed E-state index contributed by atoms with van der Waals surface area (Å²) in [4.78, 5) is 2.29. The van der Waals surface area contributed by atoms with E-state index in [9.17, 15) is 0 Å². The van der Waals surface area contributed by atoms with Crippen LogP contribution in [0.15, 0.2) is 181 Å². The van der Waals surface area contributed by atoms with E-state index >= 15 is 0 Å². The topological polar surface area (TPSA) is 53.6 Å². The normalized spacial score (nSPS) is 13.7. The van der Waals surface area contributed by atoms with E-state index in [1.54, 1.807) is 0 Å². The highest BCUT2D eigenvalue weighted by Gasteiger charge is 2.47. The van der Waals surface area contributed by atoms with Crippen LogP contribution in [-0.4, -0.2) is 11.3 Å². The zero-order chi connectivity index (χ0) is 46.2. The molecule has 4 aromatic heterocycles. The van der Waals surface area contributed by atoms with Gasteiger partial charge in [-0.15, -0.1) is 0 Å². The molecule has 6 heterocycles. The lowest BCUT2D eigenvalue weighted by Crippen LogP contribution is -2.58. The molecule has 2 aliphatic heterocycles. The van der Waals surface area contributed by atoms with Gasteiger partial charge in [0, 0.05) is 64.0 Å². The van der Waals surface area contributed by atoms with Gasteiger partial charge in [0.1, 0.15) is 33.7 Å². The molecule has 2 aliphatic rings. The van der Waals surface area contributed by atoms with Crippen molar-refractivity contribution < 1.29 is 18.0 Å². The van der Waals surface area contributed by atoms with Gasteiger partial charge >= 0.3 is 0 Å². The summed E-state index contributed by atoms with van der Waals surface area (Å²) in [5.74, 6) is 1.49. The maximum Gasteiger partial charge on any atom is 0.264 e. The Hall–Kier alpha value is -7.61. The molecule has 69 heavy (non-hydrogen) atoms. The van der Waals surface area contributed by atoms with Gasteiger partial charge < -0.3 is 22.6 Å². The molecular formula is C62H44BNO4S. The number of para-hydroxylation sites is 5. The lowest BCUT2D eigenvalue weighted by Gasteiger charge is -2.34. The Morgan fingerprint density at radius 1 is 0.464 bits per heavy atom. The number of hydrogen-bond acceptors (Lipinski definition) is 5. The number of ether oxygens (including phenoxy) is 1. The van der Waals surface area contributed by atoms with E-state index in [0.717, 1.165) is 114 Å². The van der Waals surface area contributed by atoms with E-state index in [-0.39, 0.29) is 17.5 Å². The molecule has 5 nitrogen and oxygen atoms in total. The van der Waals surface area contributed by atoms with Crippen LogP contribution in [0.25, 0.3) is 104 Å². The summed E-state index contributed by atoms with van der Waals surface area (Å²) in [7, 11) is 0. The first-order valence-electron chi connectivity index (χ1n) is 23.9. The smallest absolute Gasteiger partial charge is 0.264 e. The SMILES string of the molecule is CC(C)(C)c1cc(-c2cc3c4c(c2)Sc2c(c5oc6ccccc6c5c5c6ccccc6n(-c6ccccc6)c25)B4c2c(c4oc5ccccc5c4c4c2oc2ccccc24)O3)cc(C(C)(C)C)c1. The Kier molecular flexibility index (Phi) is 7.74. The lowest BCUT2D eigenvalue weighted by atomic mass is 9.35. The van der Waals surface area contributed by atoms with Crippen LogP contribution in [-0.2, 0) is 10.8 Å². The molecule has 0 radical (unpaired) electrons. The predicted molar refractivity (Wildman–Crippen MR) is 287 cm³/mol. The van der Waals surface area contributed by atoms with Crippen LogP contribution in [0.1, 0.15) is 52.7 Å². The van der Waals surface area contributed by atoms with Crippen molar-refractivity contribution in [3.63, 3.8) is 0 Å². The average Bonchev–Trinajstić information content (AvgIpc) is 4.13. The minimum atomic E-state index is -0.370. The summed E-state index contributed by atoms with van der Waals surface area (Å²) in [6, 6.07) is 56.8. The van der Waals surface area contributed by atoms with Crippen LogP contribution in [0.5, 0.6) is 11.5 Å². The summed E-state index contributed by atoms with van der Waals surface area (Å²) in [6.07, 6.45) is 0. The molecule has 0 spiro atoms.